The van der Waals surface area contributed by atoms with Crippen LogP contribution < -0.4 is 11.1 Å². The van der Waals surface area contributed by atoms with E-state index in [1.165, 1.54) is 12.3 Å². The van der Waals surface area contributed by atoms with E-state index in [-0.39, 0.29) is 17.8 Å². The van der Waals surface area contributed by atoms with Gasteiger partial charge in [0.15, 0.2) is 0 Å². The second-order valence-corrected chi connectivity index (χ2v) is 7.04. The summed E-state index contributed by atoms with van der Waals surface area (Å²) in [4.78, 5) is 31.9. The summed E-state index contributed by atoms with van der Waals surface area (Å²) in [6, 6.07) is 3.53. The number of ether oxygens (including phenoxy) is 1. The summed E-state index contributed by atoms with van der Waals surface area (Å²) in [6.07, 6.45) is 6.02. The van der Waals surface area contributed by atoms with Crippen LogP contribution in [-0.4, -0.2) is 72.2 Å². The maximum atomic E-state index is 12.7. The number of carbonyl (C=O) groups excluding carboxylic acids is 2. The summed E-state index contributed by atoms with van der Waals surface area (Å²) in [5, 5.41) is 2.84. The fraction of sp³-hybridized carbons (Fsp3) is 0.611. The van der Waals surface area contributed by atoms with E-state index >= 15 is 0 Å². The standard InChI is InChI=1S/C18H27N5O3/c1-22(18(25)21-12-6-7-14(17(19)24)20-10-12)15-4-3-5-16(15)23-9-8-13(11-23)26-2/h6-7,10,13,15-16H,3-5,8-9,11H2,1-2H3,(H2,19,24)(H,21,25)/t13?,15-,16+/m0/s1. The van der Waals surface area contributed by atoms with E-state index in [0.717, 1.165) is 38.8 Å². The number of likely N-dealkylation sites (N-methyl/N-ethyl adjacent to an activating group) is 1. The average Bonchev–Trinajstić information content (AvgIpc) is 3.30. The fourth-order valence-electron chi connectivity index (χ4n) is 4.02. The van der Waals surface area contributed by atoms with Crippen molar-refractivity contribution in [1.82, 2.24) is 14.8 Å². The van der Waals surface area contributed by atoms with Crippen LogP contribution in [0.4, 0.5) is 10.5 Å². The molecule has 1 saturated carbocycles. The molecule has 3 amide bonds. The van der Waals surface area contributed by atoms with Crippen LogP contribution in [0.15, 0.2) is 18.3 Å². The molecule has 0 aromatic carbocycles. The molecule has 1 unspecified atom stereocenters. The zero-order valence-electron chi connectivity index (χ0n) is 15.4. The first kappa shape index (κ1) is 18.6. The van der Waals surface area contributed by atoms with E-state index in [1.54, 1.807) is 18.1 Å². The Morgan fingerprint density at radius 2 is 2.15 bits per heavy atom. The minimum absolute atomic E-state index is 0.169. The highest BCUT2D eigenvalue weighted by Crippen LogP contribution is 2.31. The monoisotopic (exact) mass is 361 g/mol. The summed E-state index contributed by atoms with van der Waals surface area (Å²) in [6.45, 7) is 1.96. The molecule has 0 radical (unpaired) electrons. The molecule has 8 nitrogen and oxygen atoms in total. The Bertz CT molecular complexity index is 651. The van der Waals surface area contributed by atoms with Gasteiger partial charge >= 0.3 is 6.03 Å². The van der Waals surface area contributed by atoms with E-state index in [0.29, 0.717) is 17.8 Å². The fourth-order valence-corrected chi connectivity index (χ4v) is 4.02. The highest BCUT2D eigenvalue weighted by molar-refractivity contribution is 5.92. The molecule has 3 N–H and O–H groups in total. The average molecular weight is 361 g/mol. The maximum absolute atomic E-state index is 12.7. The molecule has 1 aromatic rings. The highest BCUT2D eigenvalue weighted by atomic mass is 16.5. The van der Waals surface area contributed by atoms with Crippen molar-refractivity contribution in [2.45, 2.75) is 43.9 Å². The lowest BCUT2D eigenvalue weighted by molar-refractivity contribution is 0.0907. The molecule has 142 valence electrons. The lowest BCUT2D eigenvalue weighted by atomic mass is 10.1. The Kier molecular flexibility index (Phi) is 5.73. The van der Waals surface area contributed by atoms with E-state index in [2.05, 4.69) is 15.2 Å². The molecule has 26 heavy (non-hydrogen) atoms. The smallest absolute Gasteiger partial charge is 0.321 e. The van der Waals surface area contributed by atoms with Crippen LogP contribution in [0, 0.1) is 0 Å². The molecule has 0 bridgehead atoms. The number of hydrogen-bond acceptors (Lipinski definition) is 5. The number of nitrogens with zero attached hydrogens (tertiary/aromatic N) is 3. The number of hydrogen-bond donors (Lipinski definition) is 2. The first-order chi connectivity index (χ1) is 12.5. The van der Waals surface area contributed by atoms with Crippen molar-refractivity contribution < 1.29 is 14.3 Å². The van der Waals surface area contributed by atoms with Crippen LogP contribution in [0.1, 0.15) is 36.2 Å². The van der Waals surface area contributed by atoms with Crippen molar-refractivity contribution >= 4 is 17.6 Å². The maximum Gasteiger partial charge on any atom is 0.321 e. The Morgan fingerprint density at radius 3 is 2.77 bits per heavy atom. The van der Waals surface area contributed by atoms with Crippen molar-refractivity contribution in [2.24, 2.45) is 5.73 Å². The quantitative estimate of drug-likeness (QED) is 0.823. The molecule has 2 aliphatic rings. The second kappa shape index (κ2) is 8.01. The number of carbonyl (C=O) groups is 2. The van der Waals surface area contributed by atoms with Gasteiger partial charge in [-0.3, -0.25) is 9.69 Å². The van der Waals surface area contributed by atoms with Gasteiger partial charge in [0.05, 0.1) is 18.0 Å². The SMILES string of the molecule is COC1CCN([C@@H]2CCC[C@@H]2N(C)C(=O)Nc2ccc(C(N)=O)nc2)C1. The summed E-state index contributed by atoms with van der Waals surface area (Å²) in [5.74, 6) is -0.589. The van der Waals surface area contributed by atoms with Gasteiger partial charge in [0, 0.05) is 39.3 Å². The van der Waals surface area contributed by atoms with Gasteiger partial charge in [0.2, 0.25) is 0 Å². The van der Waals surface area contributed by atoms with Gasteiger partial charge in [-0.1, -0.05) is 0 Å². The topological polar surface area (TPSA) is 101 Å². The molecule has 8 heteroatoms. The van der Waals surface area contributed by atoms with Gasteiger partial charge < -0.3 is 20.7 Å². The minimum Gasteiger partial charge on any atom is -0.380 e. The number of amides is 3. The predicted molar refractivity (Wildman–Crippen MR) is 98.0 cm³/mol. The van der Waals surface area contributed by atoms with E-state index in [9.17, 15) is 9.59 Å². The van der Waals surface area contributed by atoms with Crippen molar-refractivity contribution in [3.05, 3.63) is 24.0 Å². The molecule has 1 aliphatic carbocycles. The second-order valence-electron chi connectivity index (χ2n) is 7.04. The molecular formula is C18H27N5O3. The Morgan fingerprint density at radius 1 is 1.35 bits per heavy atom. The van der Waals surface area contributed by atoms with Crippen LogP contribution >= 0.6 is 0 Å². The van der Waals surface area contributed by atoms with Gasteiger partial charge in [-0.05, 0) is 37.8 Å². The lowest BCUT2D eigenvalue weighted by Gasteiger charge is -2.35. The van der Waals surface area contributed by atoms with E-state index < -0.39 is 5.91 Å². The van der Waals surface area contributed by atoms with Gasteiger partial charge in [0.25, 0.3) is 5.91 Å². The number of anilines is 1. The Hall–Kier alpha value is -2.19. The third-order valence-corrected chi connectivity index (χ3v) is 5.51. The van der Waals surface area contributed by atoms with Crippen LogP contribution in [-0.2, 0) is 4.74 Å². The minimum atomic E-state index is -0.589. The number of aromatic nitrogens is 1. The van der Waals surface area contributed by atoms with Crippen LogP contribution in [0.3, 0.4) is 0 Å². The summed E-state index contributed by atoms with van der Waals surface area (Å²) >= 11 is 0. The third kappa shape index (κ3) is 3.96. The van der Waals surface area contributed by atoms with E-state index in [4.69, 9.17) is 10.5 Å². The molecule has 2 heterocycles. The molecule has 1 aromatic heterocycles. The summed E-state index contributed by atoms with van der Waals surface area (Å²) in [7, 11) is 3.60. The third-order valence-electron chi connectivity index (χ3n) is 5.51. The van der Waals surface area contributed by atoms with Gasteiger partial charge in [-0.2, -0.15) is 0 Å². The van der Waals surface area contributed by atoms with Gasteiger partial charge in [-0.25, -0.2) is 9.78 Å². The number of nitrogens with two attached hydrogens (primary N) is 1. The number of urea groups is 1. The number of likely N-dealkylation sites (tertiary alicyclic amines) is 1. The zero-order valence-corrected chi connectivity index (χ0v) is 15.4. The molecule has 2 fully saturated rings. The zero-order chi connectivity index (χ0) is 18.7. The number of methoxy groups -OCH3 is 1. The van der Waals surface area contributed by atoms with Gasteiger partial charge in [0.1, 0.15) is 5.69 Å². The van der Waals surface area contributed by atoms with Crippen LogP contribution in [0.5, 0.6) is 0 Å². The number of nitrogens with one attached hydrogen (secondary N) is 1. The first-order valence-electron chi connectivity index (χ1n) is 9.06. The normalized spacial score (nSPS) is 26.0. The van der Waals surface area contributed by atoms with Crippen molar-refractivity contribution in [2.75, 3.05) is 32.6 Å². The van der Waals surface area contributed by atoms with Crippen molar-refractivity contribution in [3.63, 3.8) is 0 Å². The molecule has 3 rings (SSSR count). The van der Waals surface area contributed by atoms with Gasteiger partial charge in [-0.15, -0.1) is 0 Å². The van der Waals surface area contributed by atoms with Crippen molar-refractivity contribution in [1.29, 1.82) is 0 Å². The Balaban J connectivity index is 1.61. The summed E-state index contributed by atoms with van der Waals surface area (Å²) < 4.78 is 5.48. The molecule has 1 aliphatic heterocycles. The van der Waals surface area contributed by atoms with Crippen LogP contribution in [0.2, 0.25) is 0 Å². The highest BCUT2D eigenvalue weighted by Gasteiger charge is 2.39. The van der Waals surface area contributed by atoms with Crippen molar-refractivity contribution in [3.8, 4) is 0 Å². The Labute approximate surface area is 153 Å². The lowest BCUT2D eigenvalue weighted by Crippen LogP contribution is -2.50. The number of pyridine rings is 1. The number of primary amides is 1. The predicted octanol–water partition coefficient (Wildman–Crippen LogP) is 1.29. The first-order valence-corrected chi connectivity index (χ1v) is 9.06. The number of rotatable bonds is 5. The largest absolute Gasteiger partial charge is 0.380 e. The molecule has 1 saturated heterocycles. The molecular weight excluding hydrogens is 334 g/mol. The van der Waals surface area contributed by atoms with Crippen LogP contribution in [0.25, 0.3) is 0 Å². The molecule has 0 spiro atoms. The summed E-state index contributed by atoms with van der Waals surface area (Å²) in [5.41, 5.74) is 5.90. The molecule has 3 atom stereocenters. The van der Waals surface area contributed by atoms with E-state index in [1.807, 2.05) is 7.05 Å².